The van der Waals surface area contributed by atoms with E-state index in [-0.39, 0.29) is 0 Å². The van der Waals surface area contributed by atoms with Crippen molar-refractivity contribution in [3.63, 3.8) is 0 Å². The lowest BCUT2D eigenvalue weighted by molar-refractivity contribution is -0.127. The van der Waals surface area contributed by atoms with Crippen LogP contribution in [-0.4, -0.2) is 31.3 Å². The molecule has 0 spiro atoms. The van der Waals surface area contributed by atoms with E-state index in [2.05, 4.69) is 19.0 Å². The number of carbonyl (C=O) groups excluding carboxylic acids is 1. The largest absolute Gasteiger partial charge is 0.309 e. The molecule has 3 atom stereocenters. The van der Waals surface area contributed by atoms with Gasteiger partial charge in [0.25, 0.3) is 0 Å². The number of fused-ring (bicyclic) bond motifs is 2. The fourth-order valence-electron chi connectivity index (χ4n) is 3.01. The van der Waals surface area contributed by atoms with Gasteiger partial charge in [-0.05, 0) is 45.2 Å². The maximum atomic E-state index is 11.8. The summed E-state index contributed by atoms with van der Waals surface area (Å²) in [5.41, 5.74) is 0. The number of hydrogen-bond donors (Lipinski definition) is 0. The van der Waals surface area contributed by atoms with Gasteiger partial charge in [-0.25, -0.2) is 0 Å². The van der Waals surface area contributed by atoms with Crippen LogP contribution in [-0.2, 0) is 4.79 Å². The molecule has 2 rings (SSSR count). The van der Waals surface area contributed by atoms with Gasteiger partial charge in [0.1, 0.15) is 5.78 Å². The molecule has 2 aliphatic carbocycles. The van der Waals surface area contributed by atoms with Crippen LogP contribution >= 0.6 is 0 Å². The number of carbonyl (C=O) groups is 1. The summed E-state index contributed by atoms with van der Waals surface area (Å²) in [5.74, 6) is 2.35. The maximum Gasteiger partial charge on any atom is 0.137 e. The third-order valence-electron chi connectivity index (χ3n) is 3.62. The number of Topliss-reactive ketones (excluding diaryl/α,β-unsaturated/α-hetero) is 1. The first-order valence-electron chi connectivity index (χ1n) is 5.34. The molecule has 2 bridgehead atoms. The van der Waals surface area contributed by atoms with Crippen molar-refractivity contribution < 1.29 is 4.79 Å². The Kier molecular flexibility index (Phi) is 2.41. The third-order valence-corrected chi connectivity index (χ3v) is 3.62. The van der Waals surface area contributed by atoms with E-state index in [1.54, 1.807) is 0 Å². The molecule has 0 saturated heterocycles. The molecule has 2 nitrogen and oxygen atoms in total. The molecule has 0 aromatic carbocycles. The second-order valence-corrected chi connectivity index (χ2v) is 4.98. The topological polar surface area (TPSA) is 20.3 Å². The summed E-state index contributed by atoms with van der Waals surface area (Å²) in [6, 6.07) is 0. The molecule has 0 aromatic heterocycles. The van der Waals surface area contributed by atoms with E-state index in [0.29, 0.717) is 17.6 Å². The minimum Gasteiger partial charge on any atom is -0.309 e. The third kappa shape index (κ3) is 1.78. The first-order valence-corrected chi connectivity index (χ1v) is 5.34. The Hall–Kier alpha value is -0.370. The van der Waals surface area contributed by atoms with Crippen LogP contribution in [0.4, 0.5) is 0 Å². The summed E-state index contributed by atoms with van der Waals surface area (Å²) in [4.78, 5) is 13.9. The first-order chi connectivity index (χ1) is 6.16. The van der Waals surface area contributed by atoms with Crippen molar-refractivity contribution >= 4 is 5.78 Å². The van der Waals surface area contributed by atoms with Crippen molar-refractivity contribution in [3.05, 3.63) is 0 Å². The summed E-state index contributed by atoms with van der Waals surface area (Å²) in [6.45, 7) is 0.968. The zero-order valence-corrected chi connectivity index (χ0v) is 8.62. The molecule has 0 aliphatic heterocycles. The van der Waals surface area contributed by atoms with E-state index in [1.807, 2.05) is 0 Å². The van der Waals surface area contributed by atoms with Gasteiger partial charge in [0, 0.05) is 18.9 Å². The van der Waals surface area contributed by atoms with Crippen molar-refractivity contribution in [2.24, 2.45) is 17.8 Å². The van der Waals surface area contributed by atoms with E-state index in [0.717, 1.165) is 18.9 Å². The Labute approximate surface area is 80.3 Å². The number of nitrogens with zero attached hydrogens (tertiary/aromatic N) is 1. The van der Waals surface area contributed by atoms with Crippen LogP contribution in [0, 0.1) is 17.8 Å². The standard InChI is InChI=1S/C11H19NO/c1-12(2)7-10-9-4-3-8(5-9)6-11(10)13/h8-10H,3-7H2,1-2H3. The van der Waals surface area contributed by atoms with Gasteiger partial charge in [-0.3, -0.25) is 4.79 Å². The second kappa shape index (κ2) is 3.41. The molecule has 2 heteroatoms. The van der Waals surface area contributed by atoms with Gasteiger partial charge in [-0.1, -0.05) is 0 Å². The minimum absolute atomic E-state index is 0.355. The monoisotopic (exact) mass is 181 g/mol. The summed E-state index contributed by atoms with van der Waals surface area (Å²) in [7, 11) is 4.13. The number of hydrogen-bond acceptors (Lipinski definition) is 2. The Morgan fingerprint density at radius 1 is 1.38 bits per heavy atom. The molecule has 0 N–H and O–H groups in total. The quantitative estimate of drug-likeness (QED) is 0.644. The van der Waals surface area contributed by atoms with Crippen molar-refractivity contribution in [1.82, 2.24) is 4.90 Å². The van der Waals surface area contributed by atoms with E-state index in [9.17, 15) is 4.79 Å². The molecular formula is C11H19NO. The molecule has 2 fully saturated rings. The lowest BCUT2D eigenvalue weighted by atomic mass is 9.79. The number of ketones is 1. The summed E-state index contributed by atoms with van der Waals surface area (Å²) < 4.78 is 0. The predicted molar refractivity (Wildman–Crippen MR) is 52.5 cm³/mol. The van der Waals surface area contributed by atoms with Gasteiger partial charge < -0.3 is 4.90 Å². The van der Waals surface area contributed by atoms with Crippen molar-refractivity contribution in [2.75, 3.05) is 20.6 Å². The zero-order chi connectivity index (χ0) is 9.42. The molecular weight excluding hydrogens is 162 g/mol. The minimum atomic E-state index is 0.355. The molecule has 74 valence electrons. The van der Waals surface area contributed by atoms with Gasteiger partial charge in [-0.2, -0.15) is 0 Å². The van der Waals surface area contributed by atoms with Gasteiger partial charge in [-0.15, -0.1) is 0 Å². The highest BCUT2D eigenvalue weighted by molar-refractivity contribution is 5.82. The normalized spacial score (nSPS) is 38.7. The zero-order valence-electron chi connectivity index (χ0n) is 8.62. The van der Waals surface area contributed by atoms with Gasteiger partial charge in [0.15, 0.2) is 0 Å². The van der Waals surface area contributed by atoms with E-state index < -0.39 is 0 Å². The highest BCUT2D eigenvalue weighted by Gasteiger charge is 2.40. The maximum absolute atomic E-state index is 11.8. The smallest absolute Gasteiger partial charge is 0.137 e. The average molecular weight is 181 g/mol. The lowest BCUT2D eigenvalue weighted by Crippen LogP contribution is -2.35. The molecule has 0 heterocycles. The Morgan fingerprint density at radius 2 is 2.15 bits per heavy atom. The van der Waals surface area contributed by atoms with E-state index in [1.165, 1.54) is 19.3 Å². The molecule has 13 heavy (non-hydrogen) atoms. The molecule has 0 radical (unpaired) electrons. The van der Waals surface area contributed by atoms with Crippen LogP contribution in [0.15, 0.2) is 0 Å². The Balaban J connectivity index is 2.03. The fraction of sp³-hybridized carbons (Fsp3) is 0.909. The van der Waals surface area contributed by atoms with Gasteiger partial charge in [0.2, 0.25) is 0 Å². The van der Waals surface area contributed by atoms with Crippen LogP contribution in [0.25, 0.3) is 0 Å². The first kappa shape index (κ1) is 9.20. The van der Waals surface area contributed by atoms with Gasteiger partial charge in [0.05, 0.1) is 0 Å². The van der Waals surface area contributed by atoms with Crippen molar-refractivity contribution in [3.8, 4) is 0 Å². The van der Waals surface area contributed by atoms with Crippen molar-refractivity contribution in [2.45, 2.75) is 25.7 Å². The summed E-state index contributed by atoms with van der Waals surface area (Å²) >= 11 is 0. The lowest BCUT2D eigenvalue weighted by Gasteiger charge is -2.29. The molecule has 0 amide bonds. The van der Waals surface area contributed by atoms with Crippen molar-refractivity contribution in [1.29, 1.82) is 0 Å². The molecule has 0 aromatic rings. The van der Waals surface area contributed by atoms with Gasteiger partial charge >= 0.3 is 0 Å². The SMILES string of the molecule is CN(C)CC1C(=O)CC2CCC1C2. The van der Waals surface area contributed by atoms with Crippen LogP contribution < -0.4 is 0 Å². The molecule has 2 aliphatic rings. The van der Waals surface area contributed by atoms with E-state index >= 15 is 0 Å². The molecule has 2 saturated carbocycles. The highest BCUT2D eigenvalue weighted by Crippen LogP contribution is 2.43. The predicted octanol–water partition coefficient (Wildman–Crippen LogP) is 1.55. The highest BCUT2D eigenvalue weighted by atomic mass is 16.1. The van der Waals surface area contributed by atoms with Crippen LogP contribution in [0.2, 0.25) is 0 Å². The average Bonchev–Trinajstić information content (AvgIpc) is 2.42. The molecule has 3 unspecified atom stereocenters. The Morgan fingerprint density at radius 3 is 2.85 bits per heavy atom. The fourth-order valence-corrected chi connectivity index (χ4v) is 3.01. The summed E-state index contributed by atoms with van der Waals surface area (Å²) in [6.07, 6.45) is 4.80. The Bertz CT molecular complexity index is 212. The van der Waals surface area contributed by atoms with Crippen LogP contribution in [0.5, 0.6) is 0 Å². The second-order valence-electron chi connectivity index (χ2n) is 4.98. The summed E-state index contributed by atoms with van der Waals surface area (Å²) in [5, 5.41) is 0. The van der Waals surface area contributed by atoms with Crippen LogP contribution in [0.1, 0.15) is 25.7 Å². The van der Waals surface area contributed by atoms with Crippen LogP contribution in [0.3, 0.4) is 0 Å². The van der Waals surface area contributed by atoms with E-state index in [4.69, 9.17) is 0 Å². The number of rotatable bonds is 2.